The molecule has 2 rings (SSSR count). The van der Waals surface area contributed by atoms with E-state index in [0.717, 1.165) is 11.1 Å². The van der Waals surface area contributed by atoms with Crippen LogP contribution in [0, 0.1) is 12.7 Å². The highest BCUT2D eigenvalue weighted by molar-refractivity contribution is 5.88. The van der Waals surface area contributed by atoms with Crippen molar-refractivity contribution in [3.8, 4) is 0 Å². The largest absolute Gasteiger partial charge is 0.350 e. The maximum Gasteiger partial charge on any atom is 0.242 e. The Labute approximate surface area is 166 Å². The molecule has 0 aliphatic carbocycles. The number of rotatable bonds is 6. The van der Waals surface area contributed by atoms with Gasteiger partial charge in [-0.2, -0.15) is 0 Å². The topological polar surface area (TPSA) is 49.4 Å². The molecule has 1 atom stereocenters. The molecule has 0 aliphatic heterocycles. The van der Waals surface area contributed by atoms with Crippen molar-refractivity contribution < 1.29 is 14.0 Å². The summed E-state index contributed by atoms with van der Waals surface area (Å²) in [4.78, 5) is 27.2. The van der Waals surface area contributed by atoms with E-state index in [2.05, 4.69) is 5.32 Å². The lowest BCUT2D eigenvalue weighted by atomic mass is 10.1. The number of hydrogen-bond acceptors (Lipinski definition) is 2. The molecule has 0 heterocycles. The van der Waals surface area contributed by atoms with Gasteiger partial charge in [0.15, 0.2) is 0 Å². The van der Waals surface area contributed by atoms with E-state index in [9.17, 15) is 14.0 Å². The number of hydrogen-bond donors (Lipinski definition) is 1. The van der Waals surface area contributed by atoms with Crippen molar-refractivity contribution in [2.45, 2.75) is 59.2 Å². The van der Waals surface area contributed by atoms with Gasteiger partial charge >= 0.3 is 0 Å². The molecule has 0 aliphatic rings. The van der Waals surface area contributed by atoms with Crippen molar-refractivity contribution in [2.24, 2.45) is 0 Å². The Kier molecular flexibility index (Phi) is 6.95. The van der Waals surface area contributed by atoms with Gasteiger partial charge in [-0.1, -0.05) is 48.0 Å². The Morgan fingerprint density at radius 2 is 1.68 bits per heavy atom. The number of nitrogens with zero attached hydrogens (tertiary/aromatic N) is 1. The highest BCUT2D eigenvalue weighted by Gasteiger charge is 2.28. The smallest absolute Gasteiger partial charge is 0.242 e. The number of carbonyl (C=O) groups is 2. The van der Waals surface area contributed by atoms with Crippen molar-refractivity contribution in [3.05, 3.63) is 71.0 Å². The van der Waals surface area contributed by atoms with Crippen LogP contribution in [0.15, 0.2) is 48.5 Å². The molecule has 2 aromatic rings. The standard InChI is InChI=1S/C23H29FN2O2/c1-16-10-12-18(13-11-16)15-26(17(2)22(28)25-23(3,4)5)21(27)14-19-8-6-7-9-20(19)24/h6-13,17H,14-15H2,1-5H3,(H,25,28)/t17-/m0/s1. The first kappa shape index (κ1) is 21.6. The molecule has 2 amide bonds. The summed E-state index contributed by atoms with van der Waals surface area (Å²) < 4.78 is 14.0. The third kappa shape index (κ3) is 6.19. The van der Waals surface area contributed by atoms with Gasteiger partial charge < -0.3 is 10.2 Å². The Balaban J connectivity index is 2.26. The molecule has 0 saturated carbocycles. The molecule has 0 bridgehead atoms. The van der Waals surface area contributed by atoms with Gasteiger partial charge in [0, 0.05) is 12.1 Å². The molecule has 0 aromatic heterocycles. The molecule has 5 heteroatoms. The first-order chi connectivity index (χ1) is 13.1. The molecule has 0 unspecified atom stereocenters. The highest BCUT2D eigenvalue weighted by Crippen LogP contribution is 2.15. The number of amides is 2. The molecule has 0 fully saturated rings. The summed E-state index contributed by atoms with van der Waals surface area (Å²) in [5, 5.41) is 2.92. The predicted molar refractivity (Wildman–Crippen MR) is 109 cm³/mol. The predicted octanol–water partition coefficient (Wildman–Crippen LogP) is 4.01. The third-order valence-electron chi connectivity index (χ3n) is 4.44. The average Bonchev–Trinajstić information content (AvgIpc) is 2.61. The zero-order valence-electron chi connectivity index (χ0n) is 17.3. The van der Waals surface area contributed by atoms with Crippen molar-refractivity contribution in [1.29, 1.82) is 0 Å². The highest BCUT2D eigenvalue weighted by atomic mass is 19.1. The van der Waals surface area contributed by atoms with Crippen LogP contribution in [0.25, 0.3) is 0 Å². The summed E-state index contributed by atoms with van der Waals surface area (Å²) in [5.41, 5.74) is 1.95. The second-order valence-corrected chi connectivity index (χ2v) is 8.19. The minimum atomic E-state index is -0.681. The van der Waals surface area contributed by atoms with Gasteiger partial charge in [-0.25, -0.2) is 4.39 Å². The van der Waals surface area contributed by atoms with Crippen LogP contribution in [0.3, 0.4) is 0 Å². The van der Waals surface area contributed by atoms with Gasteiger partial charge in [-0.15, -0.1) is 0 Å². The second kappa shape index (κ2) is 9.00. The summed E-state index contributed by atoms with van der Waals surface area (Å²) in [7, 11) is 0. The summed E-state index contributed by atoms with van der Waals surface area (Å²) in [6, 6.07) is 13.3. The Morgan fingerprint density at radius 1 is 1.07 bits per heavy atom. The van der Waals surface area contributed by atoms with Crippen LogP contribution in [-0.4, -0.2) is 28.3 Å². The average molecular weight is 384 g/mol. The molecular formula is C23H29FN2O2. The van der Waals surface area contributed by atoms with Crippen LogP contribution in [0.5, 0.6) is 0 Å². The summed E-state index contributed by atoms with van der Waals surface area (Å²) >= 11 is 0. The first-order valence-corrected chi connectivity index (χ1v) is 9.47. The number of halogens is 1. The second-order valence-electron chi connectivity index (χ2n) is 8.19. The third-order valence-corrected chi connectivity index (χ3v) is 4.44. The first-order valence-electron chi connectivity index (χ1n) is 9.47. The summed E-state index contributed by atoms with van der Waals surface area (Å²) in [6.07, 6.45) is -0.0916. The number of aryl methyl sites for hydroxylation is 1. The van der Waals surface area contributed by atoms with E-state index in [1.165, 1.54) is 11.0 Å². The lowest BCUT2D eigenvalue weighted by molar-refractivity contribution is -0.140. The maximum atomic E-state index is 14.0. The number of carbonyl (C=O) groups excluding carboxylic acids is 2. The molecular weight excluding hydrogens is 355 g/mol. The van der Waals surface area contributed by atoms with E-state index in [1.807, 2.05) is 52.0 Å². The van der Waals surface area contributed by atoms with E-state index in [4.69, 9.17) is 0 Å². The molecule has 1 N–H and O–H groups in total. The van der Waals surface area contributed by atoms with Crippen LogP contribution in [0.2, 0.25) is 0 Å². The van der Waals surface area contributed by atoms with Crippen LogP contribution in [0.4, 0.5) is 4.39 Å². The van der Waals surface area contributed by atoms with Gasteiger partial charge in [0.05, 0.1) is 6.42 Å². The van der Waals surface area contributed by atoms with Gasteiger partial charge in [0.1, 0.15) is 11.9 Å². The summed E-state index contributed by atoms with van der Waals surface area (Å²) in [5.74, 6) is -0.943. The molecule has 28 heavy (non-hydrogen) atoms. The minimum absolute atomic E-state index is 0.0916. The van der Waals surface area contributed by atoms with E-state index in [-0.39, 0.29) is 24.8 Å². The van der Waals surface area contributed by atoms with Crippen LogP contribution in [0.1, 0.15) is 44.4 Å². The van der Waals surface area contributed by atoms with Crippen molar-refractivity contribution >= 4 is 11.8 Å². The molecule has 4 nitrogen and oxygen atoms in total. The van der Waals surface area contributed by atoms with Crippen molar-refractivity contribution in [2.75, 3.05) is 0 Å². The van der Waals surface area contributed by atoms with E-state index >= 15 is 0 Å². The Morgan fingerprint density at radius 3 is 2.25 bits per heavy atom. The molecule has 2 aromatic carbocycles. The lowest BCUT2D eigenvalue weighted by Gasteiger charge is -2.31. The summed E-state index contributed by atoms with van der Waals surface area (Å²) in [6.45, 7) is 9.65. The number of benzene rings is 2. The molecule has 0 radical (unpaired) electrons. The van der Waals surface area contributed by atoms with Gasteiger partial charge in [0.2, 0.25) is 11.8 Å². The van der Waals surface area contributed by atoms with Crippen LogP contribution in [-0.2, 0) is 22.6 Å². The zero-order valence-corrected chi connectivity index (χ0v) is 17.3. The van der Waals surface area contributed by atoms with E-state index < -0.39 is 17.4 Å². The van der Waals surface area contributed by atoms with Gasteiger partial charge in [-0.3, -0.25) is 9.59 Å². The monoisotopic (exact) mass is 384 g/mol. The van der Waals surface area contributed by atoms with E-state index in [0.29, 0.717) is 5.56 Å². The normalized spacial score (nSPS) is 12.4. The Bertz CT molecular complexity index is 825. The van der Waals surface area contributed by atoms with Crippen LogP contribution < -0.4 is 5.32 Å². The zero-order chi connectivity index (χ0) is 20.9. The molecule has 150 valence electrons. The van der Waals surface area contributed by atoms with Crippen molar-refractivity contribution in [3.63, 3.8) is 0 Å². The van der Waals surface area contributed by atoms with Crippen LogP contribution >= 0.6 is 0 Å². The van der Waals surface area contributed by atoms with Crippen molar-refractivity contribution in [1.82, 2.24) is 10.2 Å². The fourth-order valence-electron chi connectivity index (χ4n) is 2.85. The maximum absolute atomic E-state index is 14.0. The lowest BCUT2D eigenvalue weighted by Crippen LogP contribution is -2.52. The quantitative estimate of drug-likeness (QED) is 0.818. The van der Waals surface area contributed by atoms with E-state index in [1.54, 1.807) is 25.1 Å². The SMILES string of the molecule is Cc1ccc(CN(C(=O)Cc2ccccc2F)[C@@H](C)C(=O)NC(C)(C)C)cc1. The number of nitrogens with one attached hydrogen (secondary N) is 1. The minimum Gasteiger partial charge on any atom is -0.350 e. The Hall–Kier alpha value is -2.69. The molecule has 0 spiro atoms. The van der Waals surface area contributed by atoms with Gasteiger partial charge in [-0.05, 0) is 51.8 Å². The fraction of sp³-hybridized carbons (Fsp3) is 0.391. The fourth-order valence-corrected chi connectivity index (χ4v) is 2.85. The van der Waals surface area contributed by atoms with Gasteiger partial charge in [0.25, 0.3) is 0 Å². The molecule has 0 saturated heterocycles.